The van der Waals surface area contributed by atoms with Gasteiger partial charge >= 0.3 is 0 Å². The van der Waals surface area contributed by atoms with Crippen LogP contribution in [0.3, 0.4) is 0 Å². The molecule has 0 radical (unpaired) electrons. The summed E-state index contributed by atoms with van der Waals surface area (Å²) in [4.78, 5) is 4.34. The van der Waals surface area contributed by atoms with E-state index in [2.05, 4.69) is 34.8 Å². The molecule has 1 fully saturated rings. The number of hydrogen-bond donors (Lipinski definition) is 0. The van der Waals surface area contributed by atoms with Crippen molar-refractivity contribution in [2.45, 2.75) is 45.1 Å². The summed E-state index contributed by atoms with van der Waals surface area (Å²) in [6.45, 7) is 4.59. The van der Waals surface area contributed by atoms with E-state index in [0.29, 0.717) is 11.8 Å². The Hall–Kier alpha value is -0.280. The lowest BCUT2D eigenvalue weighted by molar-refractivity contribution is 0.0959. The molecule has 1 aliphatic rings. The first kappa shape index (κ1) is 14.1. The quantitative estimate of drug-likeness (QED) is 0.743. The van der Waals surface area contributed by atoms with Gasteiger partial charge in [-0.1, -0.05) is 13.8 Å². The molecule has 1 aromatic heterocycles. The molecule has 0 aliphatic heterocycles. The monoisotopic (exact) mass is 331 g/mol. The highest BCUT2D eigenvalue weighted by Crippen LogP contribution is 2.32. The van der Waals surface area contributed by atoms with Gasteiger partial charge in [-0.25, -0.2) is 4.98 Å². The molecule has 0 amide bonds. The summed E-state index contributed by atoms with van der Waals surface area (Å²) >= 11 is 9.34. The topological polar surface area (TPSA) is 22.1 Å². The van der Waals surface area contributed by atoms with E-state index in [4.69, 9.17) is 16.3 Å². The van der Waals surface area contributed by atoms with E-state index < -0.39 is 0 Å². The molecule has 18 heavy (non-hydrogen) atoms. The van der Waals surface area contributed by atoms with Crippen molar-refractivity contribution < 1.29 is 4.74 Å². The van der Waals surface area contributed by atoms with E-state index >= 15 is 0 Å². The first-order chi connectivity index (χ1) is 8.58. The molecule has 2 atom stereocenters. The molecule has 4 heteroatoms. The number of halogens is 2. The fourth-order valence-electron chi connectivity index (χ4n) is 2.80. The van der Waals surface area contributed by atoms with Gasteiger partial charge in [-0.3, -0.25) is 0 Å². The van der Waals surface area contributed by atoms with Crippen LogP contribution in [0.2, 0.25) is 0 Å². The third-order valence-electron chi connectivity index (χ3n) is 3.45. The van der Waals surface area contributed by atoms with Crippen molar-refractivity contribution >= 4 is 27.5 Å². The molecule has 1 aliphatic carbocycles. The van der Waals surface area contributed by atoms with Crippen LogP contribution in [0.4, 0.5) is 0 Å². The lowest BCUT2D eigenvalue weighted by Crippen LogP contribution is -2.29. The number of ether oxygens (including phenoxy) is 1. The molecule has 0 bridgehead atoms. The Morgan fingerprint density at radius 1 is 1.33 bits per heavy atom. The Morgan fingerprint density at radius 3 is 2.61 bits per heavy atom. The lowest BCUT2D eigenvalue weighted by Gasteiger charge is -2.31. The van der Waals surface area contributed by atoms with Gasteiger partial charge in [-0.05, 0) is 53.1 Å². The number of alkyl halides is 1. The Balaban J connectivity index is 2.08. The van der Waals surface area contributed by atoms with Gasteiger partial charge in [0.2, 0.25) is 5.88 Å². The summed E-state index contributed by atoms with van der Waals surface area (Å²) < 4.78 is 7.00. The normalized spacial score (nSPS) is 28.1. The van der Waals surface area contributed by atoms with Crippen molar-refractivity contribution in [2.75, 3.05) is 0 Å². The van der Waals surface area contributed by atoms with Crippen molar-refractivity contribution in [3.05, 3.63) is 22.3 Å². The van der Waals surface area contributed by atoms with Crippen molar-refractivity contribution in [3.63, 3.8) is 0 Å². The van der Waals surface area contributed by atoms with Gasteiger partial charge in [0.25, 0.3) is 0 Å². The number of hydrogen-bond acceptors (Lipinski definition) is 2. The lowest BCUT2D eigenvalue weighted by atomic mass is 9.82. The van der Waals surface area contributed by atoms with Crippen LogP contribution in [0, 0.1) is 11.8 Å². The van der Waals surface area contributed by atoms with Gasteiger partial charge in [0.1, 0.15) is 6.10 Å². The molecule has 2 nitrogen and oxygen atoms in total. The zero-order chi connectivity index (χ0) is 13.1. The standard InChI is InChI=1S/C14H19BrClNO/c1-9-3-10(2)5-13(4-9)18-14-11(7-16)6-12(15)8-17-14/h6,8-10,13H,3-5,7H2,1-2H3. The van der Waals surface area contributed by atoms with E-state index in [1.165, 1.54) is 6.42 Å². The first-order valence-electron chi connectivity index (χ1n) is 6.45. The molecule has 0 aromatic carbocycles. The van der Waals surface area contributed by atoms with Gasteiger partial charge in [0.05, 0.1) is 5.88 Å². The van der Waals surface area contributed by atoms with Crippen LogP contribution in [0.1, 0.15) is 38.7 Å². The molecular formula is C14H19BrClNO. The van der Waals surface area contributed by atoms with Crippen molar-refractivity contribution in [2.24, 2.45) is 11.8 Å². The second-order valence-electron chi connectivity index (χ2n) is 5.41. The van der Waals surface area contributed by atoms with Crippen molar-refractivity contribution in [1.82, 2.24) is 4.98 Å². The van der Waals surface area contributed by atoms with Crippen LogP contribution in [-0.2, 0) is 5.88 Å². The maximum absolute atomic E-state index is 6.06. The summed E-state index contributed by atoms with van der Waals surface area (Å²) in [7, 11) is 0. The SMILES string of the molecule is CC1CC(C)CC(Oc2ncc(Br)cc2CCl)C1. The number of aromatic nitrogens is 1. The van der Waals surface area contributed by atoms with Crippen molar-refractivity contribution in [1.29, 1.82) is 0 Å². The summed E-state index contributed by atoms with van der Waals surface area (Å²) in [5.74, 6) is 2.58. The minimum absolute atomic E-state index is 0.277. The van der Waals surface area contributed by atoms with E-state index in [9.17, 15) is 0 Å². The molecule has 1 aromatic rings. The summed E-state index contributed by atoms with van der Waals surface area (Å²) in [6.07, 6.45) is 5.57. The molecule has 100 valence electrons. The number of rotatable bonds is 3. The fourth-order valence-corrected chi connectivity index (χ4v) is 3.37. The third-order valence-corrected chi connectivity index (χ3v) is 4.17. The van der Waals surface area contributed by atoms with Crippen LogP contribution in [-0.4, -0.2) is 11.1 Å². The van der Waals surface area contributed by atoms with E-state index in [1.807, 2.05) is 6.07 Å². The summed E-state index contributed by atoms with van der Waals surface area (Å²) in [5, 5.41) is 0. The van der Waals surface area contributed by atoms with Gasteiger partial charge in [0.15, 0.2) is 0 Å². The van der Waals surface area contributed by atoms with E-state index in [1.54, 1.807) is 6.20 Å². The van der Waals surface area contributed by atoms with E-state index in [-0.39, 0.29) is 6.10 Å². The second kappa shape index (κ2) is 6.25. The number of pyridine rings is 1. The van der Waals surface area contributed by atoms with Crippen LogP contribution >= 0.6 is 27.5 Å². The predicted octanol–water partition coefficient (Wildman–Crippen LogP) is 4.79. The van der Waals surface area contributed by atoms with Crippen LogP contribution in [0.5, 0.6) is 5.88 Å². The number of nitrogens with zero attached hydrogens (tertiary/aromatic N) is 1. The molecule has 1 saturated carbocycles. The van der Waals surface area contributed by atoms with Gasteiger partial charge in [0, 0.05) is 16.2 Å². The van der Waals surface area contributed by atoms with E-state index in [0.717, 1.165) is 34.7 Å². The molecule has 0 saturated heterocycles. The maximum atomic E-state index is 6.06. The average Bonchev–Trinajstić information content (AvgIpc) is 2.30. The zero-order valence-corrected chi connectivity index (χ0v) is 13.2. The Kier molecular flexibility index (Phi) is 4.91. The Bertz CT molecular complexity index is 403. The summed E-state index contributed by atoms with van der Waals surface area (Å²) in [6, 6.07) is 1.98. The first-order valence-corrected chi connectivity index (χ1v) is 7.78. The Morgan fingerprint density at radius 2 is 2.00 bits per heavy atom. The van der Waals surface area contributed by atoms with Crippen molar-refractivity contribution in [3.8, 4) is 5.88 Å². The highest BCUT2D eigenvalue weighted by Gasteiger charge is 2.26. The molecule has 0 spiro atoms. The van der Waals surface area contributed by atoms with Crippen LogP contribution < -0.4 is 4.74 Å². The average molecular weight is 333 g/mol. The zero-order valence-electron chi connectivity index (χ0n) is 10.8. The molecular weight excluding hydrogens is 314 g/mol. The van der Waals surface area contributed by atoms with Crippen LogP contribution in [0.15, 0.2) is 16.7 Å². The molecule has 2 unspecified atom stereocenters. The Labute approximate surface area is 122 Å². The van der Waals surface area contributed by atoms with Gasteiger partial charge in [-0.2, -0.15) is 0 Å². The minimum atomic E-state index is 0.277. The van der Waals surface area contributed by atoms with Gasteiger partial charge in [-0.15, -0.1) is 11.6 Å². The smallest absolute Gasteiger partial charge is 0.218 e. The third kappa shape index (κ3) is 3.61. The predicted molar refractivity (Wildman–Crippen MR) is 78.1 cm³/mol. The van der Waals surface area contributed by atoms with Crippen LogP contribution in [0.25, 0.3) is 0 Å². The second-order valence-corrected chi connectivity index (χ2v) is 6.59. The molecule has 1 heterocycles. The molecule has 2 rings (SSSR count). The largest absolute Gasteiger partial charge is 0.474 e. The minimum Gasteiger partial charge on any atom is -0.474 e. The maximum Gasteiger partial charge on any atom is 0.218 e. The molecule has 0 N–H and O–H groups in total. The fraction of sp³-hybridized carbons (Fsp3) is 0.643. The van der Waals surface area contributed by atoms with Gasteiger partial charge < -0.3 is 4.74 Å². The summed E-state index contributed by atoms with van der Waals surface area (Å²) in [5.41, 5.74) is 0.955. The highest BCUT2D eigenvalue weighted by atomic mass is 79.9. The highest BCUT2D eigenvalue weighted by molar-refractivity contribution is 9.10.